The fraction of sp³-hybridized carbons (Fsp3) is 0.312. The molecule has 1 atom stereocenters. The third kappa shape index (κ3) is 2.58. The van der Waals surface area contributed by atoms with Gasteiger partial charge in [-0.1, -0.05) is 0 Å². The summed E-state index contributed by atoms with van der Waals surface area (Å²) in [6, 6.07) is 3.72. The van der Waals surface area contributed by atoms with Crippen LogP contribution in [-0.4, -0.2) is 31.9 Å². The van der Waals surface area contributed by atoms with E-state index in [0.717, 1.165) is 17.3 Å². The number of rotatable bonds is 3. The molecule has 0 saturated heterocycles. The number of carboxylic acid groups (broad SMARTS) is 2. The molecule has 0 radical (unpaired) electrons. The standard InChI is InChI=1S/C16H15FN2O4/c1-19-13-7-9(16(22)23)3-5-11(13)14(18-19)10-4-2-8(15(20)21)6-12(10)17/h2,4,6,9H,3,5,7H2,1H3,(H,20,21)(H,22,23). The number of hydrogen-bond donors (Lipinski definition) is 2. The number of aliphatic carboxylic acids is 1. The summed E-state index contributed by atoms with van der Waals surface area (Å²) in [5.41, 5.74) is 2.20. The van der Waals surface area contributed by atoms with Gasteiger partial charge in [0.2, 0.25) is 0 Å². The maximum Gasteiger partial charge on any atom is 0.335 e. The second-order valence-electron chi connectivity index (χ2n) is 5.68. The van der Waals surface area contributed by atoms with Crippen molar-refractivity contribution in [3.8, 4) is 11.3 Å². The van der Waals surface area contributed by atoms with Crippen LogP contribution in [0.4, 0.5) is 4.39 Å². The molecular formula is C16H15FN2O4. The summed E-state index contributed by atoms with van der Waals surface area (Å²) >= 11 is 0. The largest absolute Gasteiger partial charge is 0.481 e. The van der Waals surface area contributed by atoms with E-state index in [-0.39, 0.29) is 11.1 Å². The molecule has 1 aliphatic rings. The maximum absolute atomic E-state index is 14.3. The molecule has 2 N–H and O–H groups in total. The van der Waals surface area contributed by atoms with Gasteiger partial charge in [0.05, 0.1) is 17.2 Å². The van der Waals surface area contributed by atoms with E-state index in [1.54, 1.807) is 11.7 Å². The lowest BCUT2D eigenvalue weighted by Gasteiger charge is -2.19. The number of aryl methyl sites for hydroxylation is 1. The number of aromatic carboxylic acids is 1. The second-order valence-corrected chi connectivity index (χ2v) is 5.68. The quantitative estimate of drug-likeness (QED) is 0.904. The first kappa shape index (κ1) is 15.2. The zero-order chi connectivity index (χ0) is 16.7. The van der Waals surface area contributed by atoms with Gasteiger partial charge in [-0.25, -0.2) is 9.18 Å². The predicted molar refractivity (Wildman–Crippen MR) is 78.7 cm³/mol. The van der Waals surface area contributed by atoms with Crippen molar-refractivity contribution >= 4 is 11.9 Å². The number of benzene rings is 1. The molecule has 1 unspecified atom stereocenters. The Morgan fingerprint density at radius 2 is 2.09 bits per heavy atom. The van der Waals surface area contributed by atoms with E-state index in [0.29, 0.717) is 25.0 Å². The van der Waals surface area contributed by atoms with Crippen molar-refractivity contribution in [1.29, 1.82) is 0 Å². The van der Waals surface area contributed by atoms with Gasteiger partial charge >= 0.3 is 11.9 Å². The lowest BCUT2D eigenvalue weighted by Crippen LogP contribution is -2.23. The number of fused-ring (bicyclic) bond motifs is 1. The first-order chi connectivity index (χ1) is 10.9. The minimum absolute atomic E-state index is 0.123. The van der Waals surface area contributed by atoms with E-state index in [4.69, 9.17) is 10.2 Å². The Hall–Kier alpha value is -2.70. The summed E-state index contributed by atoms with van der Waals surface area (Å²) < 4.78 is 15.9. The van der Waals surface area contributed by atoms with Gasteiger partial charge in [-0.05, 0) is 31.0 Å². The van der Waals surface area contributed by atoms with E-state index >= 15 is 0 Å². The SMILES string of the molecule is Cn1nc(-c2ccc(C(=O)O)cc2F)c2c1CC(C(=O)O)CC2. The Kier molecular flexibility index (Phi) is 3.63. The zero-order valence-corrected chi connectivity index (χ0v) is 12.4. The predicted octanol–water partition coefficient (Wildman–Crippen LogP) is 2.11. The van der Waals surface area contributed by atoms with E-state index < -0.39 is 23.7 Å². The number of carbonyl (C=O) groups is 2. The Bertz CT molecular complexity index is 813. The van der Waals surface area contributed by atoms with Gasteiger partial charge in [0.1, 0.15) is 5.82 Å². The number of aromatic nitrogens is 2. The van der Waals surface area contributed by atoms with E-state index in [1.165, 1.54) is 12.1 Å². The molecular weight excluding hydrogens is 303 g/mol. The molecule has 0 spiro atoms. The third-order valence-corrected chi connectivity index (χ3v) is 4.28. The second kappa shape index (κ2) is 5.49. The van der Waals surface area contributed by atoms with Gasteiger partial charge in [-0.2, -0.15) is 5.10 Å². The van der Waals surface area contributed by atoms with Crippen LogP contribution in [0.5, 0.6) is 0 Å². The highest BCUT2D eigenvalue weighted by molar-refractivity contribution is 5.88. The van der Waals surface area contributed by atoms with Gasteiger partial charge in [0, 0.05) is 30.3 Å². The molecule has 6 nitrogen and oxygen atoms in total. The third-order valence-electron chi connectivity index (χ3n) is 4.28. The van der Waals surface area contributed by atoms with E-state index in [9.17, 15) is 14.0 Å². The number of nitrogens with zero attached hydrogens (tertiary/aromatic N) is 2. The molecule has 0 saturated carbocycles. The average molecular weight is 318 g/mol. The molecule has 2 aromatic rings. The highest BCUT2D eigenvalue weighted by atomic mass is 19.1. The van der Waals surface area contributed by atoms with E-state index in [1.807, 2.05) is 0 Å². The molecule has 1 heterocycles. The maximum atomic E-state index is 14.3. The number of halogens is 1. The van der Waals surface area contributed by atoms with Crippen LogP contribution in [0.15, 0.2) is 18.2 Å². The molecule has 3 rings (SSSR count). The number of hydrogen-bond acceptors (Lipinski definition) is 3. The average Bonchev–Trinajstić information content (AvgIpc) is 2.83. The van der Waals surface area contributed by atoms with Gasteiger partial charge in [-0.3, -0.25) is 9.48 Å². The first-order valence-electron chi connectivity index (χ1n) is 7.19. The van der Waals surface area contributed by atoms with Crippen molar-refractivity contribution in [1.82, 2.24) is 9.78 Å². The van der Waals surface area contributed by atoms with Gasteiger partial charge in [-0.15, -0.1) is 0 Å². The fourth-order valence-corrected chi connectivity index (χ4v) is 3.04. The van der Waals surface area contributed by atoms with Gasteiger partial charge in [0.25, 0.3) is 0 Å². The highest BCUT2D eigenvalue weighted by Crippen LogP contribution is 2.34. The molecule has 1 aromatic heterocycles. The summed E-state index contributed by atoms with van der Waals surface area (Å²) in [6.07, 6.45) is 1.36. The fourth-order valence-electron chi connectivity index (χ4n) is 3.04. The lowest BCUT2D eigenvalue weighted by molar-refractivity contribution is -0.142. The zero-order valence-electron chi connectivity index (χ0n) is 12.4. The van der Waals surface area contributed by atoms with Gasteiger partial charge < -0.3 is 10.2 Å². The van der Waals surface area contributed by atoms with Crippen molar-refractivity contribution in [2.24, 2.45) is 13.0 Å². The molecule has 23 heavy (non-hydrogen) atoms. The Labute approximate surface area is 131 Å². The molecule has 0 aliphatic heterocycles. The van der Waals surface area contributed by atoms with Crippen LogP contribution in [0.1, 0.15) is 28.0 Å². The van der Waals surface area contributed by atoms with Crippen molar-refractivity contribution in [3.05, 3.63) is 40.8 Å². The first-order valence-corrected chi connectivity index (χ1v) is 7.19. The molecule has 120 valence electrons. The van der Waals surface area contributed by atoms with Crippen molar-refractivity contribution < 1.29 is 24.2 Å². The summed E-state index contributed by atoms with van der Waals surface area (Å²) in [4.78, 5) is 22.1. The smallest absolute Gasteiger partial charge is 0.335 e. The Morgan fingerprint density at radius 1 is 1.35 bits per heavy atom. The Balaban J connectivity index is 2.05. The number of carboxylic acids is 2. The van der Waals surface area contributed by atoms with Crippen LogP contribution < -0.4 is 0 Å². The molecule has 0 fully saturated rings. The highest BCUT2D eigenvalue weighted by Gasteiger charge is 2.30. The van der Waals surface area contributed by atoms with Crippen molar-refractivity contribution in [3.63, 3.8) is 0 Å². The molecule has 0 amide bonds. The summed E-state index contributed by atoms with van der Waals surface area (Å²) in [5.74, 6) is -3.13. The lowest BCUT2D eigenvalue weighted by atomic mass is 9.85. The van der Waals surface area contributed by atoms with Crippen molar-refractivity contribution in [2.45, 2.75) is 19.3 Å². The topological polar surface area (TPSA) is 92.4 Å². The van der Waals surface area contributed by atoms with Crippen LogP contribution in [0.2, 0.25) is 0 Å². The monoisotopic (exact) mass is 318 g/mol. The summed E-state index contributed by atoms with van der Waals surface area (Å²) in [5, 5.41) is 22.4. The van der Waals surface area contributed by atoms with Crippen molar-refractivity contribution in [2.75, 3.05) is 0 Å². The van der Waals surface area contributed by atoms with Crippen LogP contribution in [0, 0.1) is 11.7 Å². The van der Waals surface area contributed by atoms with Crippen LogP contribution in [0.3, 0.4) is 0 Å². The van der Waals surface area contributed by atoms with E-state index in [2.05, 4.69) is 5.10 Å². The minimum atomic E-state index is -1.19. The molecule has 7 heteroatoms. The van der Waals surface area contributed by atoms with Crippen LogP contribution >= 0.6 is 0 Å². The molecule has 0 bridgehead atoms. The minimum Gasteiger partial charge on any atom is -0.481 e. The Morgan fingerprint density at radius 3 is 2.70 bits per heavy atom. The van der Waals surface area contributed by atoms with Crippen LogP contribution in [0.25, 0.3) is 11.3 Å². The van der Waals surface area contributed by atoms with Crippen LogP contribution in [-0.2, 0) is 24.7 Å². The van der Waals surface area contributed by atoms with Gasteiger partial charge in [0.15, 0.2) is 0 Å². The summed E-state index contributed by atoms with van der Waals surface area (Å²) in [7, 11) is 1.70. The molecule has 1 aliphatic carbocycles. The summed E-state index contributed by atoms with van der Waals surface area (Å²) in [6.45, 7) is 0. The normalized spacial score (nSPS) is 16.9. The molecule has 1 aromatic carbocycles.